The molecule has 168 valence electrons. The Bertz CT molecular complexity index is 859. The van der Waals surface area contributed by atoms with Crippen LogP contribution in [0.1, 0.15) is 43.6 Å². The highest BCUT2D eigenvalue weighted by Gasteiger charge is 2.25. The van der Waals surface area contributed by atoms with Crippen LogP contribution in [0, 0.1) is 5.92 Å². The average Bonchev–Trinajstić information content (AvgIpc) is 2.75. The predicted molar refractivity (Wildman–Crippen MR) is 117 cm³/mol. The first kappa shape index (κ1) is 24.0. The SMILES string of the molecule is COc1cc(OC)cc(C(=O)NC(C(=O)NCc2ccc(OC(C)C)nc2)C(C)C)c1. The topological polar surface area (TPSA) is 98.8 Å². The smallest absolute Gasteiger partial charge is 0.252 e. The van der Waals surface area contributed by atoms with Gasteiger partial charge < -0.3 is 24.8 Å². The van der Waals surface area contributed by atoms with E-state index in [1.54, 1.807) is 30.5 Å². The maximum absolute atomic E-state index is 12.8. The quantitative estimate of drug-likeness (QED) is 0.603. The first-order chi connectivity index (χ1) is 14.7. The lowest BCUT2D eigenvalue weighted by atomic mass is 10.0. The first-order valence-corrected chi connectivity index (χ1v) is 10.2. The molecule has 0 saturated carbocycles. The maximum Gasteiger partial charge on any atom is 0.252 e. The van der Waals surface area contributed by atoms with E-state index in [0.717, 1.165) is 5.56 Å². The highest BCUT2D eigenvalue weighted by molar-refractivity contribution is 5.98. The molecule has 0 spiro atoms. The van der Waals surface area contributed by atoms with Crippen LogP contribution in [0.4, 0.5) is 0 Å². The second-order valence-electron chi connectivity index (χ2n) is 7.69. The molecule has 8 heteroatoms. The van der Waals surface area contributed by atoms with Gasteiger partial charge >= 0.3 is 0 Å². The van der Waals surface area contributed by atoms with Gasteiger partial charge in [-0.1, -0.05) is 19.9 Å². The molecule has 2 amide bonds. The second-order valence-corrected chi connectivity index (χ2v) is 7.69. The lowest BCUT2D eigenvalue weighted by Crippen LogP contribution is -2.49. The lowest BCUT2D eigenvalue weighted by molar-refractivity contribution is -0.124. The summed E-state index contributed by atoms with van der Waals surface area (Å²) in [5.74, 6) is 0.742. The van der Waals surface area contributed by atoms with Gasteiger partial charge in [-0.05, 0) is 37.5 Å². The van der Waals surface area contributed by atoms with Gasteiger partial charge in [-0.2, -0.15) is 0 Å². The summed E-state index contributed by atoms with van der Waals surface area (Å²) < 4.78 is 15.9. The molecule has 8 nitrogen and oxygen atoms in total. The van der Waals surface area contributed by atoms with Crippen LogP contribution < -0.4 is 24.8 Å². The Morgan fingerprint density at radius 3 is 2.13 bits per heavy atom. The van der Waals surface area contributed by atoms with Crippen LogP contribution in [0.15, 0.2) is 36.5 Å². The molecule has 0 aliphatic carbocycles. The molecule has 0 saturated heterocycles. The van der Waals surface area contributed by atoms with Crippen molar-refractivity contribution in [3.8, 4) is 17.4 Å². The minimum Gasteiger partial charge on any atom is -0.497 e. The molecule has 0 aliphatic rings. The van der Waals surface area contributed by atoms with Crippen molar-refractivity contribution in [3.05, 3.63) is 47.7 Å². The number of nitrogens with zero attached hydrogens (tertiary/aromatic N) is 1. The lowest BCUT2D eigenvalue weighted by Gasteiger charge is -2.22. The summed E-state index contributed by atoms with van der Waals surface area (Å²) in [5.41, 5.74) is 1.18. The Labute approximate surface area is 183 Å². The predicted octanol–water partition coefficient (Wildman–Crippen LogP) is 2.96. The third kappa shape index (κ3) is 7.16. The Kier molecular flexibility index (Phi) is 8.66. The third-order valence-corrected chi connectivity index (χ3v) is 4.47. The molecule has 2 aromatic rings. The fourth-order valence-electron chi connectivity index (χ4n) is 2.82. The van der Waals surface area contributed by atoms with Gasteiger partial charge in [-0.15, -0.1) is 0 Å². The summed E-state index contributed by atoms with van der Waals surface area (Å²) in [5, 5.41) is 5.66. The number of hydrogen-bond donors (Lipinski definition) is 2. The number of ether oxygens (including phenoxy) is 3. The Morgan fingerprint density at radius 2 is 1.65 bits per heavy atom. The fourth-order valence-corrected chi connectivity index (χ4v) is 2.82. The van der Waals surface area contributed by atoms with E-state index in [1.807, 2.05) is 33.8 Å². The number of aromatic nitrogens is 1. The number of benzene rings is 1. The van der Waals surface area contributed by atoms with Gasteiger partial charge in [0.25, 0.3) is 5.91 Å². The van der Waals surface area contributed by atoms with Crippen molar-refractivity contribution in [2.45, 2.75) is 46.4 Å². The minimum absolute atomic E-state index is 0.0398. The number of pyridine rings is 1. The molecular weight excluding hydrogens is 398 g/mol. The van der Waals surface area contributed by atoms with Crippen molar-refractivity contribution in [2.24, 2.45) is 5.92 Å². The standard InChI is InChI=1S/C23H31N3O5/c1-14(2)21(26-22(27)17-9-18(29-5)11-19(10-17)30-6)23(28)25-13-16-7-8-20(24-12-16)31-15(3)4/h7-12,14-15,21H,13H2,1-6H3,(H,25,28)(H,26,27). The van der Waals surface area contributed by atoms with Gasteiger partial charge in [0, 0.05) is 30.4 Å². The van der Waals surface area contributed by atoms with E-state index < -0.39 is 6.04 Å². The van der Waals surface area contributed by atoms with E-state index in [-0.39, 0.29) is 23.8 Å². The van der Waals surface area contributed by atoms with Crippen LogP contribution in [0.5, 0.6) is 17.4 Å². The van der Waals surface area contributed by atoms with E-state index in [0.29, 0.717) is 29.5 Å². The van der Waals surface area contributed by atoms with Crippen LogP contribution in [-0.2, 0) is 11.3 Å². The van der Waals surface area contributed by atoms with Crippen LogP contribution in [0.3, 0.4) is 0 Å². The molecule has 1 atom stereocenters. The monoisotopic (exact) mass is 429 g/mol. The van der Waals surface area contributed by atoms with Crippen molar-refractivity contribution in [2.75, 3.05) is 14.2 Å². The van der Waals surface area contributed by atoms with E-state index in [1.165, 1.54) is 14.2 Å². The normalized spacial score (nSPS) is 11.7. The molecule has 1 heterocycles. The summed E-state index contributed by atoms with van der Waals surface area (Å²) in [6, 6.07) is 7.77. The van der Waals surface area contributed by atoms with Crippen LogP contribution >= 0.6 is 0 Å². The number of carbonyl (C=O) groups is 2. The number of amides is 2. The summed E-state index contributed by atoms with van der Waals surface area (Å²) in [6.07, 6.45) is 1.70. The van der Waals surface area contributed by atoms with Crippen molar-refractivity contribution >= 4 is 11.8 Å². The number of hydrogen-bond acceptors (Lipinski definition) is 6. The molecule has 0 radical (unpaired) electrons. The van der Waals surface area contributed by atoms with Crippen LogP contribution in [0.25, 0.3) is 0 Å². The van der Waals surface area contributed by atoms with Crippen LogP contribution in [-0.4, -0.2) is 43.2 Å². The van der Waals surface area contributed by atoms with Gasteiger partial charge in [-0.25, -0.2) is 4.98 Å². The van der Waals surface area contributed by atoms with E-state index in [4.69, 9.17) is 14.2 Å². The average molecular weight is 430 g/mol. The second kappa shape index (κ2) is 11.2. The summed E-state index contributed by atoms with van der Waals surface area (Å²) in [6.45, 7) is 7.89. The van der Waals surface area contributed by atoms with Crippen molar-refractivity contribution in [3.63, 3.8) is 0 Å². The molecular formula is C23H31N3O5. The maximum atomic E-state index is 12.8. The van der Waals surface area contributed by atoms with E-state index in [2.05, 4.69) is 15.6 Å². The van der Waals surface area contributed by atoms with Gasteiger partial charge in [0.15, 0.2) is 0 Å². The number of nitrogens with one attached hydrogen (secondary N) is 2. The van der Waals surface area contributed by atoms with Crippen LogP contribution in [0.2, 0.25) is 0 Å². The third-order valence-electron chi connectivity index (χ3n) is 4.47. The Morgan fingerprint density at radius 1 is 1.00 bits per heavy atom. The summed E-state index contributed by atoms with van der Waals surface area (Å²) >= 11 is 0. The fraction of sp³-hybridized carbons (Fsp3) is 0.435. The van der Waals surface area contributed by atoms with Gasteiger partial charge in [0.05, 0.1) is 20.3 Å². The molecule has 31 heavy (non-hydrogen) atoms. The Hall–Kier alpha value is -3.29. The van der Waals surface area contributed by atoms with Gasteiger partial charge in [0.1, 0.15) is 17.5 Å². The summed E-state index contributed by atoms with van der Waals surface area (Å²) in [7, 11) is 3.02. The molecule has 2 rings (SSSR count). The van der Waals surface area contributed by atoms with E-state index in [9.17, 15) is 9.59 Å². The number of methoxy groups -OCH3 is 2. The highest BCUT2D eigenvalue weighted by Crippen LogP contribution is 2.22. The first-order valence-electron chi connectivity index (χ1n) is 10.2. The molecule has 2 N–H and O–H groups in total. The minimum atomic E-state index is -0.707. The number of rotatable bonds is 10. The molecule has 0 fully saturated rings. The van der Waals surface area contributed by atoms with Crippen molar-refractivity contribution < 1.29 is 23.8 Å². The van der Waals surface area contributed by atoms with Gasteiger partial charge in [0.2, 0.25) is 11.8 Å². The van der Waals surface area contributed by atoms with Crippen molar-refractivity contribution in [1.29, 1.82) is 0 Å². The van der Waals surface area contributed by atoms with E-state index >= 15 is 0 Å². The zero-order valence-corrected chi connectivity index (χ0v) is 18.9. The zero-order valence-electron chi connectivity index (χ0n) is 18.9. The van der Waals surface area contributed by atoms with Crippen molar-refractivity contribution in [1.82, 2.24) is 15.6 Å². The molecule has 1 aromatic carbocycles. The largest absolute Gasteiger partial charge is 0.497 e. The van der Waals surface area contributed by atoms with Gasteiger partial charge in [-0.3, -0.25) is 9.59 Å². The highest BCUT2D eigenvalue weighted by atomic mass is 16.5. The molecule has 0 bridgehead atoms. The number of carbonyl (C=O) groups excluding carboxylic acids is 2. The summed E-state index contributed by atoms with van der Waals surface area (Å²) in [4.78, 5) is 29.8. The Balaban J connectivity index is 2.03. The molecule has 1 aromatic heterocycles. The zero-order chi connectivity index (χ0) is 23.0. The molecule has 0 aliphatic heterocycles. The molecule has 1 unspecified atom stereocenters.